The third kappa shape index (κ3) is 7.12. The van der Waals surface area contributed by atoms with Gasteiger partial charge in [-0.05, 0) is 60.7 Å². The average molecular weight is 440 g/mol. The fourth-order valence-electron chi connectivity index (χ4n) is 3.23. The van der Waals surface area contributed by atoms with Gasteiger partial charge in [0.05, 0.1) is 22.0 Å². The van der Waals surface area contributed by atoms with Crippen molar-refractivity contribution in [2.24, 2.45) is 10.3 Å². The zero-order valence-electron chi connectivity index (χ0n) is 18.8. The quantitative estimate of drug-likeness (QED) is 0.194. The van der Waals surface area contributed by atoms with Gasteiger partial charge in [0.2, 0.25) is 0 Å². The molecule has 0 bridgehead atoms. The highest BCUT2D eigenvalue weighted by Crippen LogP contribution is 2.23. The molecule has 3 nitrogen and oxygen atoms in total. The summed E-state index contributed by atoms with van der Waals surface area (Å²) in [5.74, 6) is 9.29. The Morgan fingerprint density at radius 1 is 0.969 bits per heavy atom. The van der Waals surface area contributed by atoms with Crippen molar-refractivity contribution >= 4 is 17.0 Å². The van der Waals surface area contributed by atoms with Crippen molar-refractivity contribution in [3.63, 3.8) is 0 Å². The van der Waals surface area contributed by atoms with Crippen LogP contribution in [0.4, 0.5) is 5.69 Å². The molecule has 0 spiro atoms. The van der Waals surface area contributed by atoms with E-state index in [4.69, 9.17) is 6.42 Å². The van der Waals surface area contributed by atoms with Crippen LogP contribution >= 0.6 is 11.3 Å². The van der Waals surface area contributed by atoms with Crippen molar-refractivity contribution in [2.45, 2.75) is 46.1 Å². The van der Waals surface area contributed by atoms with Gasteiger partial charge in [-0.3, -0.25) is 5.01 Å². The summed E-state index contributed by atoms with van der Waals surface area (Å²) < 4.78 is 0. The van der Waals surface area contributed by atoms with Crippen LogP contribution in [0.15, 0.2) is 71.0 Å². The first-order valence-electron chi connectivity index (χ1n) is 11.1. The normalized spacial score (nSPS) is 10.5. The second-order valence-corrected chi connectivity index (χ2v) is 8.63. The number of rotatable bonds is 9. The number of hydrogen-bond donors (Lipinski definition) is 0. The molecule has 0 radical (unpaired) electrons. The van der Waals surface area contributed by atoms with E-state index >= 15 is 0 Å². The van der Waals surface area contributed by atoms with Gasteiger partial charge in [0.1, 0.15) is 0 Å². The molecule has 0 saturated carbocycles. The van der Waals surface area contributed by atoms with E-state index in [1.165, 1.54) is 11.1 Å². The zero-order chi connectivity index (χ0) is 22.6. The highest BCUT2D eigenvalue weighted by Gasteiger charge is 2.05. The first-order chi connectivity index (χ1) is 15.7. The summed E-state index contributed by atoms with van der Waals surface area (Å²) >= 11 is 1.60. The largest absolute Gasteiger partial charge is 0.274 e. The lowest BCUT2D eigenvalue weighted by molar-refractivity contribution is 0.262. The Morgan fingerprint density at radius 3 is 2.44 bits per heavy atom. The number of nitrogens with zero attached hydrogens (tertiary/aromatic N) is 3. The molecule has 3 rings (SSSR count). The van der Waals surface area contributed by atoms with Gasteiger partial charge in [-0.15, -0.1) is 22.9 Å². The smallest absolute Gasteiger partial charge is 0.0875 e. The fraction of sp³-hybridized carbons (Fsp3) is 0.286. The monoisotopic (exact) mass is 439 g/mol. The van der Waals surface area contributed by atoms with Gasteiger partial charge in [-0.1, -0.05) is 73.6 Å². The lowest BCUT2D eigenvalue weighted by atomic mass is 10.1. The van der Waals surface area contributed by atoms with E-state index in [9.17, 15) is 0 Å². The molecule has 2 aromatic carbocycles. The lowest BCUT2D eigenvalue weighted by Crippen LogP contribution is -2.17. The van der Waals surface area contributed by atoms with Crippen molar-refractivity contribution in [1.82, 2.24) is 5.01 Å². The van der Waals surface area contributed by atoms with E-state index in [1.807, 2.05) is 47.5 Å². The Morgan fingerprint density at radius 2 is 1.75 bits per heavy atom. The molecular weight excluding hydrogens is 410 g/mol. The van der Waals surface area contributed by atoms with Crippen molar-refractivity contribution in [2.75, 3.05) is 6.54 Å². The maximum Gasteiger partial charge on any atom is 0.0875 e. The topological polar surface area (TPSA) is 28.0 Å². The van der Waals surface area contributed by atoms with E-state index in [1.54, 1.807) is 11.3 Å². The summed E-state index contributed by atoms with van der Waals surface area (Å²) in [6.45, 7) is 5.95. The Balaban J connectivity index is 1.65. The van der Waals surface area contributed by atoms with Crippen molar-refractivity contribution in [3.05, 3.63) is 87.1 Å². The highest BCUT2D eigenvalue weighted by molar-refractivity contribution is 7.13. The summed E-state index contributed by atoms with van der Waals surface area (Å²) in [5.41, 5.74) is 4.23. The van der Waals surface area contributed by atoms with Crippen LogP contribution in [0.5, 0.6) is 0 Å². The van der Waals surface area contributed by atoms with Crippen molar-refractivity contribution in [1.29, 1.82) is 0 Å². The highest BCUT2D eigenvalue weighted by atomic mass is 32.1. The molecule has 0 aliphatic carbocycles. The molecule has 0 amide bonds. The Bertz CT molecular complexity index is 1110. The summed E-state index contributed by atoms with van der Waals surface area (Å²) in [4.78, 5) is 2.02. The number of benzene rings is 2. The number of hydrogen-bond acceptors (Lipinski definition) is 3. The molecular formula is C28H29N3S. The summed E-state index contributed by atoms with van der Waals surface area (Å²) in [6.07, 6.45) is 10.0. The maximum absolute atomic E-state index is 5.66. The minimum Gasteiger partial charge on any atom is -0.274 e. The molecule has 0 fully saturated rings. The second-order valence-electron chi connectivity index (χ2n) is 7.57. The minimum absolute atomic E-state index is 0.752. The second kappa shape index (κ2) is 12.5. The summed E-state index contributed by atoms with van der Waals surface area (Å²) in [6, 6.07) is 20.3. The Labute approximate surface area is 196 Å². The van der Waals surface area contributed by atoms with Gasteiger partial charge in [0, 0.05) is 12.1 Å². The maximum atomic E-state index is 5.66. The Hall–Kier alpha value is -3.34. The molecule has 0 aliphatic heterocycles. The van der Waals surface area contributed by atoms with E-state index in [0.717, 1.165) is 59.8 Å². The molecule has 0 aliphatic rings. The SMILES string of the molecule is C#Cc1sc(C#Cc2ccc(N=NN(CCC)Cc3ccccc3)cc2)cc1CCCC. The molecule has 32 heavy (non-hydrogen) atoms. The third-order valence-corrected chi connectivity index (χ3v) is 5.94. The zero-order valence-corrected chi connectivity index (χ0v) is 19.7. The molecule has 0 N–H and O–H groups in total. The molecule has 0 atom stereocenters. The standard InChI is InChI=1S/C28H29N3S/c1-4-7-13-25-21-27(32-28(25)6-3)19-16-23-14-17-26(18-15-23)29-30-31(20-5-2)22-24-11-9-8-10-12-24/h3,8-12,14-15,17-18,21H,4-5,7,13,20,22H2,1-2H3. The van der Waals surface area contributed by atoms with Gasteiger partial charge < -0.3 is 0 Å². The molecule has 0 unspecified atom stereocenters. The van der Waals surface area contributed by atoms with Crippen molar-refractivity contribution in [3.8, 4) is 24.2 Å². The van der Waals surface area contributed by atoms with E-state index in [-0.39, 0.29) is 0 Å². The van der Waals surface area contributed by atoms with Gasteiger partial charge in [0.15, 0.2) is 0 Å². The van der Waals surface area contributed by atoms with E-state index in [0.29, 0.717) is 0 Å². The van der Waals surface area contributed by atoms with Crippen LogP contribution in [0.1, 0.15) is 59.6 Å². The average Bonchev–Trinajstić information content (AvgIpc) is 3.23. The first-order valence-corrected chi connectivity index (χ1v) is 12.0. The number of thiophene rings is 1. The van der Waals surface area contributed by atoms with E-state index in [2.05, 4.69) is 60.1 Å². The Kier molecular flexibility index (Phi) is 9.11. The third-order valence-electron chi connectivity index (χ3n) is 4.91. The van der Waals surface area contributed by atoms with Crippen LogP contribution in [0.2, 0.25) is 0 Å². The van der Waals surface area contributed by atoms with Crippen LogP contribution in [0, 0.1) is 24.2 Å². The van der Waals surface area contributed by atoms with Crippen molar-refractivity contribution < 1.29 is 0 Å². The van der Waals surface area contributed by atoms with E-state index < -0.39 is 0 Å². The van der Waals surface area contributed by atoms with Gasteiger partial charge in [0.25, 0.3) is 0 Å². The lowest BCUT2D eigenvalue weighted by Gasteiger charge is -2.16. The predicted octanol–water partition coefficient (Wildman–Crippen LogP) is 7.38. The molecule has 162 valence electrons. The number of unbranched alkanes of at least 4 members (excludes halogenated alkanes) is 1. The number of terminal acetylenes is 1. The summed E-state index contributed by atoms with van der Waals surface area (Å²) in [7, 11) is 0. The number of aryl methyl sites for hydroxylation is 1. The fourth-order valence-corrected chi connectivity index (χ4v) is 4.11. The van der Waals surface area contributed by atoms with Crippen LogP contribution < -0.4 is 0 Å². The predicted molar refractivity (Wildman–Crippen MR) is 135 cm³/mol. The van der Waals surface area contributed by atoms with Crippen LogP contribution in [-0.2, 0) is 13.0 Å². The van der Waals surface area contributed by atoms with Crippen LogP contribution in [-0.4, -0.2) is 11.6 Å². The van der Waals surface area contributed by atoms with Gasteiger partial charge in [-0.25, -0.2) is 0 Å². The molecule has 0 saturated heterocycles. The molecule has 3 aromatic rings. The summed E-state index contributed by atoms with van der Waals surface area (Å²) in [5, 5.41) is 10.9. The van der Waals surface area contributed by atoms with Gasteiger partial charge >= 0.3 is 0 Å². The first kappa shape index (κ1) is 23.3. The minimum atomic E-state index is 0.752. The molecule has 1 aromatic heterocycles. The van der Waals surface area contributed by atoms with Crippen LogP contribution in [0.25, 0.3) is 0 Å². The van der Waals surface area contributed by atoms with Gasteiger partial charge in [-0.2, -0.15) is 0 Å². The van der Waals surface area contributed by atoms with Crippen LogP contribution in [0.3, 0.4) is 0 Å². The molecule has 1 heterocycles. The molecule has 4 heteroatoms.